The molecule has 3 aromatic rings. The van der Waals surface area contributed by atoms with Gasteiger partial charge in [0, 0.05) is 11.6 Å². The van der Waals surface area contributed by atoms with Crippen LogP contribution in [-0.4, -0.2) is 22.2 Å². The summed E-state index contributed by atoms with van der Waals surface area (Å²) in [6.45, 7) is 0. The van der Waals surface area contributed by atoms with Crippen LogP contribution in [0.15, 0.2) is 48.7 Å². The highest BCUT2D eigenvalue weighted by molar-refractivity contribution is 6.61. The Kier molecular flexibility index (Phi) is 2.32. The molecule has 3 rings (SSSR count). The molecule has 0 aliphatic rings. The van der Waals surface area contributed by atoms with Crippen molar-refractivity contribution in [1.29, 1.82) is 0 Å². The van der Waals surface area contributed by atoms with Crippen molar-refractivity contribution in [3.63, 3.8) is 0 Å². The summed E-state index contributed by atoms with van der Waals surface area (Å²) < 4.78 is 0. The molecule has 0 amide bonds. The SMILES string of the molecule is OB(O)c1nccc2c1ccc1ccccc12. The first kappa shape index (κ1) is 10.3. The zero-order valence-corrected chi connectivity index (χ0v) is 9.04. The van der Waals surface area contributed by atoms with Crippen LogP contribution in [0, 0.1) is 0 Å². The van der Waals surface area contributed by atoms with Crippen LogP contribution in [0.4, 0.5) is 0 Å². The molecular weight excluding hydrogens is 213 g/mol. The van der Waals surface area contributed by atoms with Gasteiger partial charge in [-0.05, 0) is 22.2 Å². The van der Waals surface area contributed by atoms with Gasteiger partial charge < -0.3 is 10.0 Å². The van der Waals surface area contributed by atoms with Gasteiger partial charge in [-0.3, -0.25) is 4.98 Å². The molecule has 4 heteroatoms. The summed E-state index contributed by atoms with van der Waals surface area (Å²) in [6, 6.07) is 13.7. The lowest BCUT2D eigenvalue weighted by molar-refractivity contribution is 0.425. The van der Waals surface area contributed by atoms with E-state index in [1.807, 2.05) is 42.5 Å². The van der Waals surface area contributed by atoms with E-state index in [0.29, 0.717) is 5.59 Å². The van der Waals surface area contributed by atoms with Crippen LogP contribution in [0.1, 0.15) is 0 Å². The average Bonchev–Trinajstić information content (AvgIpc) is 2.37. The van der Waals surface area contributed by atoms with Crippen LogP contribution in [0.2, 0.25) is 0 Å². The minimum Gasteiger partial charge on any atom is -0.422 e. The molecule has 0 saturated carbocycles. The summed E-state index contributed by atoms with van der Waals surface area (Å²) in [5.74, 6) is 0. The number of hydrogen-bond acceptors (Lipinski definition) is 3. The van der Waals surface area contributed by atoms with Crippen molar-refractivity contribution in [2.75, 3.05) is 0 Å². The molecule has 0 unspecified atom stereocenters. The molecule has 2 N–H and O–H groups in total. The molecule has 0 bridgehead atoms. The number of fused-ring (bicyclic) bond motifs is 3. The number of rotatable bonds is 1. The van der Waals surface area contributed by atoms with Gasteiger partial charge in [0.25, 0.3) is 0 Å². The Labute approximate surface area is 98.5 Å². The van der Waals surface area contributed by atoms with Crippen molar-refractivity contribution in [3.8, 4) is 0 Å². The first-order chi connectivity index (χ1) is 8.27. The van der Waals surface area contributed by atoms with Crippen LogP contribution < -0.4 is 5.59 Å². The molecule has 82 valence electrons. The average molecular weight is 223 g/mol. The second-order valence-corrected chi connectivity index (χ2v) is 3.95. The highest BCUT2D eigenvalue weighted by Crippen LogP contribution is 2.23. The third kappa shape index (κ3) is 1.58. The largest absolute Gasteiger partial charge is 0.508 e. The summed E-state index contributed by atoms with van der Waals surface area (Å²) in [5, 5.41) is 22.6. The zero-order valence-electron chi connectivity index (χ0n) is 9.04. The summed E-state index contributed by atoms with van der Waals surface area (Å²) >= 11 is 0. The second-order valence-electron chi connectivity index (χ2n) is 3.95. The molecule has 3 nitrogen and oxygen atoms in total. The normalized spacial score (nSPS) is 10.9. The first-order valence-corrected chi connectivity index (χ1v) is 5.40. The molecule has 1 heterocycles. The quantitative estimate of drug-likeness (QED) is 0.479. The maximum atomic E-state index is 9.29. The summed E-state index contributed by atoms with van der Waals surface area (Å²) in [7, 11) is -1.54. The number of pyridine rings is 1. The third-order valence-electron chi connectivity index (χ3n) is 2.95. The van der Waals surface area contributed by atoms with E-state index in [4.69, 9.17) is 0 Å². The Hall–Kier alpha value is -1.91. The van der Waals surface area contributed by atoms with Crippen molar-refractivity contribution < 1.29 is 10.0 Å². The van der Waals surface area contributed by atoms with E-state index in [9.17, 15) is 10.0 Å². The van der Waals surface area contributed by atoms with E-state index in [1.54, 1.807) is 6.20 Å². The molecule has 0 fully saturated rings. The molecule has 1 aromatic heterocycles. The maximum absolute atomic E-state index is 9.29. The maximum Gasteiger partial charge on any atom is 0.508 e. The Morgan fingerprint density at radius 1 is 0.824 bits per heavy atom. The van der Waals surface area contributed by atoms with Crippen molar-refractivity contribution >= 4 is 34.3 Å². The van der Waals surface area contributed by atoms with E-state index in [-0.39, 0.29) is 0 Å². The Morgan fingerprint density at radius 2 is 1.65 bits per heavy atom. The number of hydrogen-bond donors (Lipinski definition) is 2. The van der Waals surface area contributed by atoms with E-state index in [2.05, 4.69) is 4.98 Å². The molecular formula is C13H10BNO2. The van der Waals surface area contributed by atoms with E-state index >= 15 is 0 Å². The Balaban J connectivity index is 2.48. The predicted molar refractivity (Wildman–Crippen MR) is 69.1 cm³/mol. The van der Waals surface area contributed by atoms with Crippen LogP contribution >= 0.6 is 0 Å². The first-order valence-electron chi connectivity index (χ1n) is 5.40. The van der Waals surface area contributed by atoms with E-state index < -0.39 is 7.12 Å². The number of aromatic nitrogens is 1. The van der Waals surface area contributed by atoms with Gasteiger partial charge in [-0.25, -0.2) is 0 Å². The molecule has 0 radical (unpaired) electrons. The van der Waals surface area contributed by atoms with Crippen molar-refractivity contribution in [3.05, 3.63) is 48.7 Å². The molecule has 0 aliphatic carbocycles. The number of benzene rings is 2. The highest BCUT2D eigenvalue weighted by atomic mass is 16.4. The highest BCUT2D eigenvalue weighted by Gasteiger charge is 2.16. The molecule has 0 aliphatic heterocycles. The fourth-order valence-corrected chi connectivity index (χ4v) is 2.17. The fourth-order valence-electron chi connectivity index (χ4n) is 2.17. The Bertz CT molecular complexity index is 697. The second kappa shape index (κ2) is 3.84. The minimum absolute atomic E-state index is 0.299. The van der Waals surface area contributed by atoms with Gasteiger partial charge >= 0.3 is 7.12 Å². The minimum atomic E-state index is -1.54. The summed E-state index contributed by atoms with van der Waals surface area (Å²) in [5.41, 5.74) is 0.299. The molecule has 0 spiro atoms. The molecule has 0 saturated heterocycles. The zero-order chi connectivity index (χ0) is 11.8. The molecule has 2 aromatic carbocycles. The lowest BCUT2D eigenvalue weighted by Gasteiger charge is -2.07. The van der Waals surface area contributed by atoms with Crippen LogP contribution in [0.25, 0.3) is 21.5 Å². The molecule has 0 atom stereocenters. The van der Waals surface area contributed by atoms with Crippen molar-refractivity contribution in [1.82, 2.24) is 4.98 Å². The van der Waals surface area contributed by atoms with Gasteiger partial charge in [0.05, 0.1) is 5.59 Å². The van der Waals surface area contributed by atoms with Crippen LogP contribution in [0.5, 0.6) is 0 Å². The Morgan fingerprint density at radius 3 is 2.47 bits per heavy atom. The molecule has 17 heavy (non-hydrogen) atoms. The van der Waals surface area contributed by atoms with Gasteiger partial charge in [0.1, 0.15) is 0 Å². The monoisotopic (exact) mass is 223 g/mol. The summed E-state index contributed by atoms with van der Waals surface area (Å²) in [4.78, 5) is 4.01. The van der Waals surface area contributed by atoms with E-state index in [0.717, 1.165) is 21.5 Å². The van der Waals surface area contributed by atoms with Crippen LogP contribution in [0.3, 0.4) is 0 Å². The van der Waals surface area contributed by atoms with Gasteiger partial charge in [0.15, 0.2) is 0 Å². The smallest absolute Gasteiger partial charge is 0.422 e. The van der Waals surface area contributed by atoms with E-state index in [1.165, 1.54) is 0 Å². The lowest BCUT2D eigenvalue weighted by atomic mass is 9.81. The van der Waals surface area contributed by atoms with Crippen LogP contribution in [-0.2, 0) is 0 Å². The fraction of sp³-hybridized carbons (Fsp3) is 0. The summed E-state index contributed by atoms with van der Waals surface area (Å²) in [6.07, 6.45) is 1.60. The number of nitrogens with zero attached hydrogens (tertiary/aromatic N) is 1. The lowest BCUT2D eigenvalue weighted by Crippen LogP contribution is -2.33. The van der Waals surface area contributed by atoms with Crippen molar-refractivity contribution in [2.24, 2.45) is 0 Å². The van der Waals surface area contributed by atoms with Gasteiger partial charge in [0.2, 0.25) is 0 Å². The standard InChI is InChI=1S/C13H10BNO2/c16-14(17)13-12-6-5-9-3-1-2-4-10(9)11(12)7-8-15-13/h1-8,16-17H. The van der Waals surface area contributed by atoms with Gasteiger partial charge in [-0.1, -0.05) is 36.4 Å². The van der Waals surface area contributed by atoms with Gasteiger partial charge in [-0.15, -0.1) is 0 Å². The van der Waals surface area contributed by atoms with Crippen molar-refractivity contribution in [2.45, 2.75) is 0 Å². The predicted octanol–water partition coefficient (Wildman–Crippen LogP) is 1.07. The third-order valence-corrected chi connectivity index (χ3v) is 2.95. The topological polar surface area (TPSA) is 53.4 Å². The van der Waals surface area contributed by atoms with Gasteiger partial charge in [-0.2, -0.15) is 0 Å².